The average Bonchev–Trinajstić information content (AvgIpc) is 2.60. The minimum Gasteiger partial charge on any atom is -0.507 e. The van der Waals surface area contributed by atoms with Crippen LogP contribution < -0.4 is 4.74 Å². The number of rotatable bonds is 7. The number of ether oxygens (including phenoxy) is 2. The summed E-state index contributed by atoms with van der Waals surface area (Å²) >= 11 is 0. The summed E-state index contributed by atoms with van der Waals surface area (Å²) in [5, 5.41) is 9.79. The van der Waals surface area contributed by atoms with Crippen molar-refractivity contribution in [2.45, 2.75) is 19.8 Å². The first-order valence-corrected chi connectivity index (χ1v) is 7.71. The van der Waals surface area contributed by atoms with Gasteiger partial charge in [-0.2, -0.15) is 0 Å². The van der Waals surface area contributed by atoms with Gasteiger partial charge in [0, 0.05) is 11.6 Å². The summed E-state index contributed by atoms with van der Waals surface area (Å²) in [5.41, 5.74) is 1.64. The van der Waals surface area contributed by atoms with Crippen molar-refractivity contribution in [3.8, 4) is 11.5 Å². The number of carbonyl (C=O) groups excluding carboxylic acids is 2. The highest BCUT2D eigenvalue weighted by atomic mass is 16.5. The van der Waals surface area contributed by atoms with Gasteiger partial charge in [-0.25, -0.2) is 4.79 Å². The Bertz CT molecular complexity index is 719. The first kappa shape index (κ1) is 17.5. The summed E-state index contributed by atoms with van der Waals surface area (Å²) in [4.78, 5) is 24.0. The molecule has 2 aromatic carbocycles. The van der Waals surface area contributed by atoms with Gasteiger partial charge < -0.3 is 14.6 Å². The van der Waals surface area contributed by atoms with Crippen LogP contribution in [0.2, 0.25) is 0 Å². The second-order valence-corrected chi connectivity index (χ2v) is 5.33. The van der Waals surface area contributed by atoms with Crippen LogP contribution in [0.5, 0.6) is 11.5 Å². The number of hydrogen-bond acceptors (Lipinski definition) is 5. The molecule has 0 spiro atoms. The normalized spacial score (nSPS) is 10.2. The number of ketones is 1. The molecule has 0 aromatic heterocycles. The highest BCUT2D eigenvalue weighted by molar-refractivity contribution is 6.00. The second kappa shape index (κ2) is 8.15. The predicted molar refractivity (Wildman–Crippen MR) is 89.7 cm³/mol. The Morgan fingerprint density at radius 2 is 1.79 bits per heavy atom. The number of methoxy groups -OCH3 is 1. The molecule has 0 bridgehead atoms. The Labute approximate surface area is 140 Å². The van der Waals surface area contributed by atoms with Crippen molar-refractivity contribution < 1.29 is 24.2 Å². The van der Waals surface area contributed by atoms with Crippen LogP contribution in [0.15, 0.2) is 42.5 Å². The molecule has 0 amide bonds. The average molecular weight is 328 g/mol. The van der Waals surface area contributed by atoms with Crippen LogP contribution in [-0.4, -0.2) is 30.6 Å². The quantitative estimate of drug-likeness (QED) is 0.623. The van der Waals surface area contributed by atoms with Gasteiger partial charge in [-0.1, -0.05) is 37.6 Å². The van der Waals surface area contributed by atoms with Crippen LogP contribution in [0.3, 0.4) is 0 Å². The van der Waals surface area contributed by atoms with Crippen molar-refractivity contribution in [1.29, 1.82) is 0 Å². The van der Waals surface area contributed by atoms with Gasteiger partial charge in [-0.15, -0.1) is 0 Å². The van der Waals surface area contributed by atoms with E-state index in [1.54, 1.807) is 12.1 Å². The van der Waals surface area contributed by atoms with Crippen LogP contribution in [0.1, 0.15) is 39.6 Å². The molecule has 0 aliphatic rings. The fraction of sp³-hybridized carbons (Fsp3) is 0.263. The zero-order chi connectivity index (χ0) is 17.5. The van der Waals surface area contributed by atoms with E-state index in [0.717, 1.165) is 18.4 Å². The summed E-state index contributed by atoms with van der Waals surface area (Å²) < 4.78 is 9.93. The molecule has 5 nitrogen and oxygen atoms in total. The molecule has 0 aliphatic carbocycles. The third-order valence-electron chi connectivity index (χ3n) is 3.57. The SMILES string of the molecule is CCCc1ccc(C(=O)COC(=O)c2ccc(OC)cc2O)cc1. The monoisotopic (exact) mass is 328 g/mol. The van der Waals surface area contributed by atoms with Crippen molar-refractivity contribution in [1.82, 2.24) is 0 Å². The summed E-state index contributed by atoms with van der Waals surface area (Å²) in [6.45, 7) is 1.71. The lowest BCUT2D eigenvalue weighted by Crippen LogP contribution is -2.14. The second-order valence-electron chi connectivity index (χ2n) is 5.33. The minimum absolute atomic E-state index is 0.0121. The molecule has 0 aliphatic heterocycles. The molecule has 1 N–H and O–H groups in total. The summed E-state index contributed by atoms with van der Waals surface area (Å²) in [7, 11) is 1.46. The van der Waals surface area contributed by atoms with Gasteiger partial charge in [-0.05, 0) is 24.1 Å². The molecular formula is C19H20O5. The van der Waals surface area contributed by atoms with Gasteiger partial charge in [0.2, 0.25) is 0 Å². The number of hydrogen-bond donors (Lipinski definition) is 1. The predicted octanol–water partition coefficient (Wildman–Crippen LogP) is 3.39. The molecule has 0 saturated carbocycles. The third-order valence-corrected chi connectivity index (χ3v) is 3.57. The van der Waals surface area contributed by atoms with E-state index in [0.29, 0.717) is 11.3 Å². The van der Waals surface area contributed by atoms with Crippen molar-refractivity contribution in [3.05, 3.63) is 59.2 Å². The zero-order valence-electron chi connectivity index (χ0n) is 13.7. The first-order valence-electron chi connectivity index (χ1n) is 7.71. The Morgan fingerprint density at radius 3 is 2.38 bits per heavy atom. The molecule has 0 radical (unpaired) electrons. The minimum atomic E-state index is -0.758. The number of carbonyl (C=O) groups is 2. The van der Waals surface area contributed by atoms with E-state index in [1.807, 2.05) is 12.1 Å². The number of phenolic OH excluding ortho intramolecular Hbond substituents is 1. The Balaban J connectivity index is 1.97. The Morgan fingerprint density at radius 1 is 1.08 bits per heavy atom. The summed E-state index contributed by atoms with van der Waals surface area (Å²) in [5.74, 6) is -0.881. The summed E-state index contributed by atoms with van der Waals surface area (Å²) in [6.07, 6.45) is 2.00. The molecule has 0 saturated heterocycles. The van der Waals surface area contributed by atoms with Gasteiger partial charge in [0.25, 0.3) is 0 Å². The van der Waals surface area contributed by atoms with E-state index in [-0.39, 0.29) is 23.7 Å². The maximum atomic E-state index is 12.1. The van der Waals surface area contributed by atoms with Crippen molar-refractivity contribution in [2.24, 2.45) is 0 Å². The van der Waals surface area contributed by atoms with E-state index >= 15 is 0 Å². The van der Waals surface area contributed by atoms with E-state index in [1.165, 1.54) is 25.3 Å². The lowest BCUT2D eigenvalue weighted by atomic mass is 10.1. The topological polar surface area (TPSA) is 72.8 Å². The number of Topliss-reactive ketones (excluding diaryl/α,β-unsaturated/α-hetero) is 1. The molecule has 0 atom stereocenters. The van der Waals surface area contributed by atoms with E-state index < -0.39 is 5.97 Å². The van der Waals surface area contributed by atoms with Gasteiger partial charge in [0.05, 0.1) is 7.11 Å². The standard InChI is InChI=1S/C19H20O5/c1-3-4-13-5-7-14(8-6-13)18(21)12-24-19(22)16-10-9-15(23-2)11-17(16)20/h5-11,20H,3-4,12H2,1-2H3. The zero-order valence-corrected chi connectivity index (χ0v) is 13.7. The number of esters is 1. The summed E-state index contributed by atoms with van der Waals surface area (Å²) in [6, 6.07) is 11.5. The molecule has 126 valence electrons. The van der Waals surface area contributed by atoms with Crippen molar-refractivity contribution in [2.75, 3.05) is 13.7 Å². The van der Waals surface area contributed by atoms with Crippen LogP contribution in [-0.2, 0) is 11.2 Å². The fourth-order valence-electron chi connectivity index (χ4n) is 2.25. The van der Waals surface area contributed by atoms with Crippen molar-refractivity contribution in [3.63, 3.8) is 0 Å². The first-order chi connectivity index (χ1) is 11.5. The van der Waals surface area contributed by atoms with Gasteiger partial charge >= 0.3 is 5.97 Å². The Hall–Kier alpha value is -2.82. The van der Waals surface area contributed by atoms with E-state index in [4.69, 9.17) is 9.47 Å². The number of aromatic hydroxyl groups is 1. The number of benzene rings is 2. The molecule has 24 heavy (non-hydrogen) atoms. The van der Waals surface area contributed by atoms with E-state index in [9.17, 15) is 14.7 Å². The molecule has 2 rings (SSSR count). The molecule has 0 fully saturated rings. The lowest BCUT2D eigenvalue weighted by Gasteiger charge is -2.08. The van der Waals surface area contributed by atoms with Crippen LogP contribution in [0, 0.1) is 0 Å². The fourth-order valence-corrected chi connectivity index (χ4v) is 2.25. The number of aryl methyl sites for hydroxylation is 1. The largest absolute Gasteiger partial charge is 0.507 e. The maximum Gasteiger partial charge on any atom is 0.342 e. The highest BCUT2D eigenvalue weighted by Crippen LogP contribution is 2.24. The highest BCUT2D eigenvalue weighted by Gasteiger charge is 2.16. The van der Waals surface area contributed by atoms with Gasteiger partial charge in [-0.3, -0.25) is 4.79 Å². The number of phenols is 1. The Kier molecular flexibility index (Phi) is 5.95. The van der Waals surface area contributed by atoms with Gasteiger partial charge in [0.15, 0.2) is 12.4 Å². The van der Waals surface area contributed by atoms with Crippen LogP contribution in [0.25, 0.3) is 0 Å². The molecule has 2 aromatic rings. The molecule has 5 heteroatoms. The maximum absolute atomic E-state index is 12.1. The third kappa shape index (κ3) is 4.35. The van der Waals surface area contributed by atoms with E-state index in [2.05, 4.69) is 6.92 Å². The van der Waals surface area contributed by atoms with Crippen molar-refractivity contribution >= 4 is 11.8 Å². The molecule has 0 unspecified atom stereocenters. The van der Waals surface area contributed by atoms with Crippen LogP contribution >= 0.6 is 0 Å². The lowest BCUT2D eigenvalue weighted by molar-refractivity contribution is 0.0471. The smallest absolute Gasteiger partial charge is 0.342 e. The van der Waals surface area contributed by atoms with Crippen LogP contribution in [0.4, 0.5) is 0 Å². The molecule has 0 heterocycles. The molecular weight excluding hydrogens is 308 g/mol. The van der Waals surface area contributed by atoms with Gasteiger partial charge in [0.1, 0.15) is 17.1 Å².